The van der Waals surface area contributed by atoms with Crippen molar-refractivity contribution in [1.29, 1.82) is 0 Å². The van der Waals surface area contributed by atoms with E-state index in [1.165, 1.54) is 8.61 Å². The number of carboxylic acid groups (broad SMARTS) is 1. The van der Waals surface area contributed by atoms with Gasteiger partial charge in [0.1, 0.15) is 6.04 Å². The molecule has 0 radical (unpaired) electrons. The predicted molar refractivity (Wildman–Crippen MR) is 82.9 cm³/mol. The zero-order chi connectivity index (χ0) is 16.3. The lowest BCUT2D eigenvalue weighted by Crippen LogP contribution is -2.58. The van der Waals surface area contributed by atoms with E-state index in [0.29, 0.717) is 45.7 Å². The Kier molecular flexibility index (Phi) is 5.78. The average Bonchev–Trinajstić information content (AvgIpc) is 2.48. The number of aliphatic carboxylic acids is 1. The van der Waals surface area contributed by atoms with Gasteiger partial charge in [-0.25, -0.2) is 0 Å². The molecule has 0 amide bonds. The van der Waals surface area contributed by atoms with Crippen molar-refractivity contribution in [2.45, 2.75) is 19.4 Å². The molecular formula is C13H26N4O4S. The summed E-state index contributed by atoms with van der Waals surface area (Å²) in [5, 5.41) is 9.19. The number of carboxylic acids is 1. The van der Waals surface area contributed by atoms with Gasteiger partial charge in [-0.05, 0) is 13.5 Å². The molecule has 0 aliphatic carbocycles. The van der Waals surface area contributed by atoms with Gasteiger partial charge in [-0.15, -0.1) is 0 Å². The van der Waals surface area contributed by atoms with Crippen molar-refractivity contribution in [2.75, 3.05) is 59.4 Å². The van der Waals surface area contributed by atoms with E-state index < -0.39 is 22.2 Å². The van der Waals surface area contributed by atoms with Crippen LogP contribution < -0.4 is 0 Å². The number of hydrogen-bond donors (Lipinski definition) is 1. The van der Waals surface area contributed by atoms with Crippen LogP contribution in [0.15, 0.2) is 0 Å². The second kappa shape index (κ2) is 7.22. The molecule has 2 aliphatic heterocycles. The van der Waals surface area contributed by atoms with Crippen LogP contribution in [0.25, 0.3) is 0 Å². The SMILES string of the molecule is CCC(C(=O)O)N1CCN(S(=O)(=O)N2CCN(C)CC2)CC1. The zero-order valence-corrected chi connectivity index (χ0v) is 14.1. The van der Waals surface area contributed by atoms with E-state index >= 15 is 0 Å². The standard InChI is InChI=1S/C13H26N4O4S/c1-3-12(13(18)19)15-6-10-17(11-7-15)22(20,21)16-8-4-14(2)5-9-16/h12H,3-11H2,1-2H3,(H,18,19). The lowest BCUT2D eigenvalue weighted by molar-refractivity contribution is -0.143. The fraction of sp³-hybridized carbons (Fsp3) is 0.923. The molecule has 0 aromatic carbocycles. The summed E-state index contributed by atoms with van der Waals surface area (Å²) < 4.78 is 28.3. The van der Waals surface area contributed by atoms with Crippen LogP contribution in [-0.4, -0.2) is 103 Å². The Balaban J connectivity index is 1.94. The Morgan fingerprint density at radius 2 is 1.45 bits per heavy atom. The van der Waals surface area contributed by atoms with Gasteiger partial charge < -0.3 is 10.0 Å². The largest absolute Gasteiger partial charge is 0.480 e. The first kappa shape index (κ1) is 17.6. The molecule has 9 heteroatoms. The molecule has 2 fully saturated rings. The van der Waals surface area contributed by atoms with E-state index in [4.69, 9.17) is 0 Å². The molecule has 1 unspecified atom stereocenters. The Morgan fingerprint density at radius 3 is 1.86 bits per heavy atom. The van der Waals surface area contributed by atoms with Gasteiger partial charge in [0, 0.05) is 52.4 Å². The Bertz CT molecular complexity index is 482. The van der Waals surface area contributed by atoms with Gasteiger partial charge >= 0.3 is 5.97 Å². The second-order valence-corrected chi connectivity index (χ2v) is 7.84. The smallest absolute Gasteiger partial charge is 0.320 e. The van der Waals surface area contributed by atoms with Crippen molar-refractivity contribution in [3.05, 3.63) is 0 Å². The maximum absolute atomic E-state index is 12.6. The number of nitrogens with zero attached hydrogens (tertiary/aromatic N) is 4. The molecule has 2 saturated heterocycles. The highest BCUT2D eigenvalue weighted by Crippen LogP contribution is 2.16. The third-order valence-electron chi connectivity index (χ3n) is 4.50. The fourth-order valence-electron chi connectivity index (χ4n) is 3.02. The first-order valence-corrected chi connectivity index (χ1v) is 9.16. The van der Waals surface area contributed by atoms with Gasteiger partial charge in [0.15, 0.2) is 0 Å². The molecule has 8 nitrogen and oxygen atoms in total. The minimum Gasteiger partial charge on any atom is -0.480 e. The second-order valence-electron chi connectivity index (χ2n) is 5.91. The van der Waals surface area contributed by atoms with Gasteiger partial charge in [-0.2, -0.15) is 17.0 Å². The van der Waals surface area contributed by atoms with Crippen molar-refractivity contribution in [3.63, 3.8) is 0 Å². The van der Waals surface area contributed by atoms with Crippen molar-refractivity contribution in [1.82, 2.24) is 18.4 Å². The molecule has 2 rings (SSSR count). The molecule has 2 heterocycles. The number of carbonyl (C=O) groups is 1. The molecule has 0 bridgehead atoms. The predicted octanol–water partition coefficient (Wildman–Crippen LogP) is -1.04. The summed E-state index contributed by atoms with van der Waals surface area (Å²) in [6, 6.07) is -0.520. The fourth-order valence-corrected chi connectivity index (χ4v) is 4.59. The van der Waals surface area contributed by atoms with E-state index in [1.807, 2.05) is 18.9 Å². The highest BCUT2D eigenvalue weighted by atomic mass is 32.2. The minimum atomic E-state index is -3.42. The van der Waals surface area contributed by atoms with Crippen molar-refractivity contribution in [2.24, 2.45) is 0 Å². The molecule has 128 valence electrons. The molecule has 1 atom stereocenters. The molecule has 0 spiro atoms. The lowest BCUT2D eigenvalue weighted by atomic mass is 10.1. The number of hydrogen-bond acceptors (Lipinski definition) is 5. The number of piperazine rings is 2. The maximum atomic E-state index is 12.6. The van der Waals surface area contributed by atoms with Crippen LogP contribution in [-0.2, 0) is 15.0 Å². The summed E-state index contributed by atoms with van der Waals surface area (Å²) in [5.41, 5.74) is 0. The quantitative estimate of drug-likeness (QED) is 0.691. The third-order valence-corrected chi connectivity index (χ3v) is 6.54. The van der Waals surface area contributed by atoms with Crippen molar-refractivity contribution >= 4 is 16.2 Å². The topological polar surface area (TPSA) is 84.4 Å². The van der Waals surface area contributed by atoms with Gasteiger partial charge in [-0.3, -0.25) is 9.69 Å². The summed E-state index contributed by atoms with van der Waals surface area (Å²) in [6.07, 6.45) is 0.528. The van der Waals surface area contributed by atoms with Crippen molar-refractivity contribution in [3.8, 4) is 0 Å². The van der Waals surface area contributed by atoms with Gasteiger partial charge in [0.2, 0.25) is 0 Å². The number of rotatable bonds is 5. The van der Waals surface area contributed by atoms with Crippen LogP contribution in [0.5, 0.6) is 0 Å². The highest BCUT2D eigenvalue weighted by molar-refractivity contribution is 7.86. The Morgan fingerprint density at radius 1 is 1.00 bits per heavy atom. The van der Waals surface area contributed by atoms with Gasteiger partial charge in [-0.1, -0.05) is 6.92 Å². The monoisotopic (exact) mass is 334 g/mol. The van der Waals surface area contributed by atoms with Crippen LogP contribution in [0.4, 0.5) is 0 Å². The summed E-state index contributed by atoms with van der Waals surface area (Å²) in [6.45, 7) is 6.03. The maximum Gasteiger partial charge on any atom is 0.320 e. The minimum absolute atomic E-state index is 0.360. The van der Waals surface area contributed by atoms with E-state index in [9.17, 15) is 18.3 Å². The summed E-state index contributed by atoms with van der Waals surface area (Å²) in [4.78, 5) is 15.2. The van der Waals surface area contributed by atoms with Crippen LogP contribution in [0, 0.1) is 0 Å². The first-order chi connectivity index (χ1) is 10.4. The summed E-state index contributed by atoms with van der Waals surface area (Å²) in [7, 11) is -1.43. The summed E-state index contributed by atoms with van der Waals surface area (Å²) in [5.74, 6) is -0.835. The van der Waals surface area contributed by atoms with E-state index in [2.05, 4.69) is 4.90 Å². The van der Waals surface area contributed by atoms with E-state index in [-0.39, 0.29) is 0 Å². The highest BCUT2D eigenvalue weighted by Gasteiger charge is 2.35. The third kappa shape index (κ3) is 3.77. The van der Waals surface area contributed by atoms with Crippen LogP contribution >= 0.6 is 0 Å². The molecule has 0 saturated carbocycles. The molecule has 1 N–H and O–H groups in total. The average molecular weight is 334 g/mol. The molecule has 0 aromatic rings. The van der Waals surface area contributed by atoms with Gasteiger partial charge in [0.25, 0.3) is 10.2 Å². The lowest BCUT2D eigenvalue weighted by Gasteiger charge is -2.40. The van der Waals surface area contributed by atoms with Crippen LogP contribution in [0.1, 0.15) is 13.3 Å². The molecule has 0 aromatic heterocycles. The molecule has 22 heavy (non-hydrogen) atoms. The normalized spacial score (nSPS) is 25.2. The number of likely N-dealkylation sites (N-methyl/N-ethyl adjacent to an activating group) is 1. The van der Waals surface area contributed by atoms with Crippen LogP contribution in [0.3, 0.4) is 0 Å². The van der Waals surface area contributed by atoms with E-state index in [1.54, 1.807) is 0 Å². The summed E-state index contributed by atoms with van der Waals surface area (Å²) >= 11 is 0. The van der Waals surface area contributed by atoms with Crippen molar-refractivity contribution < 1.29 is 18.3 Å². The van der Waals surface area contributed by atoms with Crippen LogP contribution in [0.2, 0.25) is 0 Å². The van der Waals surface area contributed by atoms with E-state index in [0.717, 1.165) is 13.1 Å². The Hall–Kier alpha value is -0.740. The Labute approximate surface area is 132 Å². The first-order valence-electron chi connectivity index (χ1n) is 7.77. The molecule has 2 aliphatic rings. The van der Waals surface area contributed by atoms with Gasteiger partial charge in [0.05, 0.1) is 0 Å². The molecular weight excluding hydrogens is 308 g/mol. The zero-order valence-electron chi connectivity index (χ0n) is 13.3.